The number of imide groups is 1. The second-order valence-electron chi connectivity index (χ2n) is 15.5. The number of amides is 3. The molecule has 6 rings (SSSR count). The number of carbonyl (C=O) groups is 4. The van der Waals surface area contributed by atoms with E-state index in [1.54, 1.807) is 24.3 Å². The van der Waals surface area contributed by atoms with Crippen LogP contribution >= 0.6 is 0 Å². The molecule has 6 N–H and O–H groups in total. The van der Waals surface area contributed by atoms with E-state index in [-0.39, 0.29) is 47.3 Å². The van der Waals surface area contributed by atoms with Crippen LogP contribution in [0.4, 0.5) is 20.4 Å². The van der Waals surface area contributed by atoms with Gasteiger partial charge in [0, 0.05) is 49.9 Å². The Balaban J connectivity index is 0.000000277. The van der Waals surface area contributed by atoms with Crippen molar-refractivity contribution in [3.05, 3.63) is 77.3 Å². The molecule has 1 aliphatic carbocycles. The van der Waals surface area contributed by atoms with Gasteiger partial charge in [-0.15, -0.1) is 0 Å². The summed E-state index contributed by atoms with van der Waals surface area (Å²) in [5, 5.41) is 23.8. The van der Waals surface area contributed by atoms with E-state index in [4.69, 9.17) is 24.7 Å². The van der Waals surface area contributed by atoms with Crippen LogP contribution in [0.2, 0.25) is 0 Å². The van der Waals surface area contributed by atoms with Gasteiger partial charge >= 0.3 is 0 Å². The minimum Gasteiger partial charge on any atom is -0.382 e. The molecule has 0 saturated carbocycles. The Bertz CT molecular complexity index is 2240. The Morgan fingerprint density at radius 1 is 0.938 bits per heavy atom. The van der Waals surface area contributed by atoms with Gasteiger partial charge in [0.15, 0.2) is 11.6 Å². The third-order valence-corrected chi connectivity index (χ3v) is 10.5. The molecule has 0 saturated heterocycles. The molecule has 0 bridgehead atoms. The fraction of sp³-hybridized carbons (Fsp3) is 0.489. The van der Waals surface area contributed by atoms with Crippen LogP contribution in [0, 0.1) is 24.5 Å². The van der Waals surface area contributed by atoms with Crippen molar-refractivity contribution < 1.29 is 52.7 Å². The van der Waals surface area contributed by atoms with Crippen LogP contribution < -0.4 is 21.3 Å². The minimum atomic E-state index is -1.05. The van der Waals surface area contributed by atoms with Gasteiger partial charge in [0.2, 0.25) is 11.9 Å². The number of halogens is 2. The molecule has 0 spiro atoms. The van der Waals surface area contributed by atoms with E-state index >= 15 is 0 Å². The highest BCUT2D eigenvalue weighted by Crippen LogP contribution is 2.33. The van der Waals surface area contributed by atoms with Crippen molar-refractivity contribution in [2.24, 2.45) is 5.92 Å². The molecule has 20 heteroatoms. The molecule has 0 fully saturated rings. The number of aryl methyl sites for hydroxylation is 1. The van der Waals surface area contributed by atoms with Crippen molar-refractivity contribution in [2.45, 2.75) is 71.5 Å². The van der Waals surface area contributed by atoms with E-state index in [2.05, 4.69) is 55.3 Å². The van der Waals surface area contributed by atoms with E-state index in [0.29, 0.717) is 81.1 Å². The summed E-state index contributed by atoms with van der Waals surface area (Å²) in [5.41, 5.74) is 2.29. The average Bonchev–Trinajstić information content (AvgIpc) is 3.78. The monoisotopic (exact) mass is 909 g/mol. The van der Waals surface area contributed by atoms with Crippen LogP contribution in [0.5, 0.6) is 0 Å². The van der Waals surface area contributed by atoms with Crippen molar-refractivity contribution >= 4 is 46.7 Å². The zero-order valence-corrected chi connectivity index (χ0v) is 37.7. The molecule has 3 atom stereocenters. The normalized spacial score (nSPS) is 15.8. The lowest BCUT2D eigenvalue weighted by Crippen LogP contribution is -2.48. The summed E-state index contributed by atoms with van der Waals surface area (Å²) >= 11 is 0. The Morgan fingerprint density at radius 2 is 1.63 bits per heavy atom. The van der Waals surface area contributed by atoms with Gasteiger partial charge in [-0.25, -0.2) is 23.7 Å². The molecule has 2 aliphatic rings. The second kappa shape index (κ2) is 26.3. The maximum atomic E-state index is 14.8. The Morgan fingerprint density at radius 3 is 2.26 bits per heavy atom. The first-order chi connectivity index (χ1) is 31.4. The van der Waals surface area contributed by atoms with Crippen LogP contribution in [0.3, 0.4) is 0 Å². The quantitative estimate of drug-likeness (QED) is 0.0143. The van der Waals surface area contributed by atoms with Gasteiger partial charge in [-0.3, -0.25) is 29.8 Å². The predicted octanol–water partition coefficient (Wildman–Crippen LogP) is 5.50. The number of imidazole rings is 1. The van der Waals surface area contributed by atoms with Crippen molar-refractivity contribution in [3.63, 3.8) is 0 Å². The first-order valence-corrected chi connectivity index (χ1v) is 21.5. The maximum Gasteiger partial charge on any atom is 0.264 e. The zero-order valence-electron chi connectivity index (χ0n) is 37.7. The summed E-state index contributed by atoms with van der Waals surface area (Å²) in [7, 11) is 3.29. The van der Waals surface area contributed by atoms with E-state index in [9.17, 15) is 28.0 Å². The first kappa shape index (κ1) is 51.9. The Hall–Kier alpha value is -5.77. The highest BCUT2D eigenvalue weighted by Gasteiger charge is 2.43. The van der Waals surface area contributed by atoms with Crippen LogP contribution in [0.25, 0.3) is 22.3 Å². The highest BCUT2D eigenvalue weighted by atomic mass is 19.1. The van der Waals surface area contributed by atoms with E-state index in [0.717, 1.165) is 36.3 Å². The lowest BCUT2D eigenvalue weighted by molar-refractivity contribution is -0.176. The summed E-state index contributed by atoms with van der Waals surface area (Å²) in [5.74, 6) is -1.08. The van der Waals surface area contributed by atoms with Crippen LogP contribution in [-0.4, -0.2) is 138 Å². The average molecular weight is 910 g/mol. The molecule has 4 aromatic rings. The van der Waals surface area contributed by atoms with E-state index < -0.39 is 35.4 Å². The number of carbonyl (C=O) groups excluding carboxylic acids is 4. The summed E-state index contributed by atoms with van der Waals surface area (Å²) in [6.45, 7) is 12.1. The number of hydrogen-bond acceptors (Lipinski definition) is 15. The molecule has 2 unspecified atom stereocenters. The molecule has 3 amide bonds. The van der Waals surface area contributed by atoms with E-state index in [1.165, 1.54) is 13.1 Å². The van der Waals surface area contributed by atoms with Crippen molar-refractivity contribution in [2.75, 3.05) is 77.5 Å². The van der Waals surface area contributed by atoms with Gasteiger partial charge in [0.1, 0.15) is 29.4 Å². The number of ether oxygens (including phenoxy) is 3. The highest BCUT2D eigenvalue weighted by molar-refractivity contribution is 6.25. The van der Waals surface area contributed by atoms with Crippen LogP contribution in [0.15, 0.2) is 48.7 Å². The fourth-order valence-corrected chi connectivity index (χ4v) is 7.42. The molecule has 1 aliphatic heterocycles. The number of aromatic nitrogens is 4. The molecule has 3 heterocycles. The van der Waals surface area contributed by atoms with Gasteiger partial charge in [-0.1, -0.05) is 25.1 Å². The second-order valence-corrected chi connectivity index (χ2v) is 15.5. The number of nitrogens with zero attached hydrogens (tertiary/aromatic N) is 5. The first-order valence-electron chi connectivity index (χ1n) is 21.5. The van der Waals surface area contributed by atoms with Crippen molar-refractivity contribution in [1.82, 2.24) is 35.1 Å². The van der Waals surface area contributed by atoms with Crippen LogP contribution in [-0.2, 0) is 23.8 Å². The topological polar surface area (TPSA) is 231 Å². The third-order valence-electron chi connectivity index (χ3n) is 10.5. The van der Waals surface area contributed by atoms with E-state index in [1.807, 2.05) is 32.4 Å². The summed E-state index contributed by atoms with van der Waals surface area (Å²) in [6, 6.07) is 7.11. The summed E-state index contributed by atoms with van der Waals surface area (Å²) in [6.07, 6.45) is 8.19. The molecule has 354 valence electrons. The number of likely N-dealkylation sites (N-methyl/N-ethyl adjacent to an activating group) is 2. The SMILES string of the molecule is CNCCOCCOCCOCCNc1cccc2c1C(=O)N(C(CCC=O)C(=O)NC)C2=O.Cc1nc2c(F)cc(-c3nc(N[C@@H]4C=CC(C)CC4)ncc3F)cc2n1C(C)C.OO. The Labute approximate surface area is 377 Å². The van der Waals surface area contributed by atoms with Gasteiger partial charge < -0.3 is 44.8 Å². The lowest BCUT2D eigenvalue weighted by Gasteiger charge is -2.24. The molecule has 0 radical (unpaired) electrons. The number of hydrogen-bond donors (Lipinski definition) is 6. The number of anilines is 2. The van der Waals surface area contributed by atoms with Gasteiger partial charge in [0.25, 0.3) is 11.8 Å². The summed E-state index contributed by atoms with van der Waals surface area (Å²) < 4.78 is 47.6. The van der Waals surface area contributed by atoms with Crippen molar-refractivity contribution in [3.8, 4) is 11.3 Å². The number of rotatable bonds is 22. The van der Waals surface area contributed by atoms with Gasteiger partial charge in [0.05, 0.1) is 62.5 Å². The number of aldehydes is 1. The van der Waals surface area contributed by atoms with Crippen LogP contribution in [0.1, 0.15) is 79.0 Å². The number of fused-ring (bicyclic) bond motifs is 2. The molecule has 18 nitrogen and oxygen atoms in total. The zero-order chi connectivity index (χ0) is 47.5. The van der Waals surface area contributed by atoms with Crippen molar-refractivity contribution in [1.29, 1.82) is 0 Å². The fourth-order valence-electron chi connectivity index (χ4n) is 7.42. The number of nitrogens with one attached hydrogen (secondary N) is 4. The number of allylic oxidation sites excluding steroid dienone is 1. The molecule has 2 aromatic heterocycles. The lowest BCUT2D eigenvalue weighted by atomic mass is 9.94. The molecular weight excluding hydrogens is 849 g/mol. The molecular formula is C45H61F2N9O9. The smallest absolute Gasteiger partial charge is 0.264 e. The minimum absolute atomic E-state index is 0.0566. The number of benzene rings is 2. The Kier molecular flexibility index (Phi) is 20.9. The maximum absolute atomic E-state index is 14.8. The van der Waals surface area contributed by atoms with Gasteiger partial charge in [-0.2, -0.15) is 0 Å². The standard InChI is InChI=1S/C23H34N4O7.C22H25F2N5.H2O2/c1-24-8-11-32-13-15-34-16-14-33-12-9-26-18-6-3-5-17-20(18)23(31)27(22(17)30)19(7-4-10-28)21(29)25-2;1-12(2)29-14(4)26-21-17(23)9-15(10-19(21)29)20-18(24)11-25-22(28-20)27-16-7-5-13(3)6-8-16;1-2/h3,5-6,10,19,24,26H,4,7-9,11-16H2,1-2H3,(H,25,29);5,7,9-13,16H,6,8H2,1-4H3,(H,25,27,28);1-2H/t;13?,16-;/m.1./s1. The molecule has 65 heavy (non-hydrogen) atoms. The predicted molar refractivity (Wildman–Crippen MR) is 241 cm³/mol. The largest absolute Gasteiger partial charge is 0.382 e. The molecule has 2 aromatic carbocycles. The van der Waals surface area contributed by atoms with Gasteiger partial charge in [-0.05, 0) is 77.3 Å². The third kappa shape index (κ3) is 13.9. The summed E-state index contributed by atoms with van der Waals surface area (Å²) in [4.78, 5) is 62.8.